The molecule has 2 heteroatoms. The SMILES string of the molecule is [CH2]N1CCC2(CC1)CN(C)c1ccccc12. The Kier molecular flexibility index (Phi) is 2.21. The monoisotopic (exact) mass is 215 g/mol. The van der Waals surface area contributed by atoms with Crippen molar-refractivity contribution in [1.29, 1.82) is 0 Å². The van der Waals surface area contributed by atoms with E-state index in [1.807, 2.05) is 0 Å². The van der Waals surface area contributed by atoms with Crippen LogP contribution in [0, 0.1) is 7.05 Å². The Morgan fingerprint density at radius 2 is 1.88 bits per heavy atom. The molecule has 0 atom stereocenters. The predicted molar refractivity (Wildman–Crippen MR) is 67.6 cm³/mol. The minimum Gasteiger partial charge on any atom is -0.373 e. The van der Waals surface area contributed by atoms with Crippen LogP contribution in [0.15, 0.2) is 24.3 Å². The summed E-state index contributed by atoms with van der Waals surface area (Å²) in [4.78, 5) is 4.61. The van der Waals surface area contributed by atoms with Crippen molar-refractivity contribution in [3.63, 3.8) is 0 Å². The van der Waals surface area contributed by atoms with E-state index in [2.05, 4.69) is 48.2 Å². The number of fused-ring (bicyclic) bond motifs is 2. The number of likely N-dealkylation sites (tertiary alicyclic amines) is 1. The lowest BCUT2D eigenvalue weighted by Crippen LogP contribution is -2.42. The Labute approximate surface area is 97.9 Å². The number of para-hydroxylation sites is 1. The lowest BCUT2D eigenvalue weighted by molar-refractivity contribution is 0.215. The zero-order valence-corrected chi connectivity index (χ0v) is 9.95. The molecule has 16 heavy (non-hydrogen) atoms. The molecule has 85 valence electrons. The summed E-state index contributed by atoms with van der Waals surface area (Å²) in [5, 5.41) is 0. The third kappa shape index (κ3) is 1.36. The van der Waals surface area contributed by atoms with Crippen molar-refractivity contribution in [3.05, 3.63) is 36.9 Å². The number of hydrogen-bond donors (Lipinski definition) is 0. The molecule has 2 heterocycles. The summed E-state index contributed by atoms with van der Waals surface area (Å²) in [5.41, 5.74) is 3.39. The Morgan fingerprint density at radius 1 is 1.19 bits per heavy atom. The van der Waals surface area contributed by atoms with Gasteiger partial charge in [-0.15, -0.1) is 0 Å². The van der Waals surface area contributed by atoms with Crippen LogP contribution in [-0.4, -0.2) is 31.6 Å². The van der Waals surface area contributed by atoms with Crippen LogP contribution in [0.5, 0.6) is 0 Å². The molecule has 0 aliphatic carbocycles. The minimum atomic E-state index is 0.402. The average molecular weight is 215 g/mol. The molecule has 0 N–H and O–H groups in total. The third-order valence-corrected chi connectivity index (χ3v) is 4.24. The molecule has 1 radical (unpaired) electrons. The van der Waals surface area contributed by atoms with E-state index >= 15 is 0 Å². The number of anilines is 1. The highest BCUT2D eigenvalue weighted by Gasteiger charge is 2.42. The molecule has 0 saturated carbocycles. The molecule has 1 aromatic carbocycles. The lowest BCUT2D eigenvalue weighted by Gasteiger charge is -2.38. The standard InChI is InChI=1S/C14H19N2/c1-15-9-7-14(8-10-15)11-16(2)13-6-4-3-5-12(13)14/h3-6H,1,7-11H2,2H3. The molecule has 2 aliphatic rings. The summed E-state index contributed by atoms with van der Waals surface area (Å²) in [5.74, 6) is 0. The van der Waals surface area contributed by atoms with E-state index in [-0.39, 0.29) is 0 Å². The molecule has 2 aliphatic heterocycles. The van der Waals surface area contributed by atoms with Gasteiger partial charge in [-0.2, -0.15) is 0 Å². The molecule has 2 nitrogen and oxygen atoms in total. The van der Waals surface area contributed by atoms with Gasteiger partial charge in [-0.25, -0.2) is 0 Å². The van der Waals surface area contributed by atoms with E-state index in [0.717, 1.165) is 13.1 Å². The first-order valence-electron chi connectivity index (χ1n) is 6.07. The Balaban J connectivity index is 1.99. The van der Waals surface area contributed by atoms with Crippen molar-refractivity contribution in [1.82, 2.24) is 4.90 Å². The molecule has 1 aromatic rings. The first-order chi connectivity index (χ1) is 7.71. The molecule has 3 rings (SSSR count). The van der Waals surface area contributed by atoms with Crippen LogP contribution in [-0.2, 0) is 5.41 Å². The van der Waals surface area contributed by atoms with Crippen LogP contribution in [0.25, 0.3) is 0 Å². The van der Waals surface area contributed by atoms with Gasteiger partial charge >= 0.3 is 0 Å². The van der Waals surface area contributed by atoms with Crippen molar-refractivity contribution >= 4 is 5.69 Å². The van der Waals surface area contributed by atoms with Crippen LogP contribution in [0.4, 0.5) is 5.69 Å². The lowest BCUT2D eigenvalue weighted by atomic mass is 9.74. The van der Waals surface area contributed by atoms with Crippen LogP contribution < -0.4 is 4.90 Å². The minimum absolute atomic E-state index is 0.402. The molecule has 1 spiro atoms. The number of benzene rings is 1. The van der Waals surface area contributed by atoms with Crippen LogP contribution in [0.1, 0.15) is 18.4 Å². The van der Waals surface area contributed by atoms with E-state index in [9.17, 15) is 0 Å². The van der Waals surface area contributed by atoms with Crippen molar-refractivity contribution in [2.24, 2.45) is 0 Å². The second-order valence-corrected chi connectivity index (χ2v) is 5.27. The van der Waals surface area contributed by atoms with Gasteiger partial charge in [0, 0.05) is 31.7 Å². The molecular formula is C14H19N2. The van der Waals surface area contributed by atoms with Gasteiger partial charge in [0.2, 0.25) is 0 Å². The topological polar surface area (TPSA) is 6.48 Å². The van der Waals surface area contributed by atoms with Gasteiger partial charge in [-0.3, -0.25) is 0 Å². The van der Waals surface area contributed by atoms with Crippen molar-refractivity contribution in [2.75, 3.05) is 31.6 Å². The van der Waals surface area contributed by atoms with Gasteiger partial charge < -0.3 is 9.80 Å². The summed E-state index contributed by atoms with van der Waals surface area (Å²) in [6, 6.07) is 8.89. The molecule has 0 bridgehead atoms. The highest BCUT2D eigenvalue weighted by atomic mass is 15.2. The summed E-state index contributed by atoms with van der Waals surface area (Å²) in [6.07, 6.45) is 2.50. The fraction of sp³-hybridized carbons (Fsp3) is 0.500. The van der Waals surface area contributed by atoms with E-state index in [1.54, 1.807) is 5.56 Å². The van der Waals surface area contributed by atoms with E-state index in [4.69, 9.17) is 0 Å². The van der Waals surface area contributed by atoms with Crippen molar-refractivity contribution in [3.8, 4) is 0 Å². The largest absolute Gasteiger partial charge is 0.373 e. The summed E-state index contributed by atoms with van der Waals surface area (Å²) < 4.78 is 0. The number of likely N-dealkylation sites (N-methyl/N-ethyl adjacent to an activating group) is 1. The predicted octanol–water partition coefficient (Wildman–Crippen LogP) is 2.26. The highest BCUT2D eigenvalue weighted by molar-refractivity contribution is 5.62. The average Bonchev–Trinajstić information content (AvgIpc) is 2.58. The maximum atomic E-state index is 4.05. The van der Waals surface area contributed by atoms with E-state index in [1.165, 1.54) is 25.1 Å². The molecule has 1 fully saturated rings. The normalized spacial score (nSPS) is 23.8. The summed E-state index contributed by atoms with van der Waals surface area (Å²) in [6.45, 7) is 3.44. The fourth-order valence-corrected chi connectivity index (χ4v) is 3.29. The van der Waals surface area contributed by atoms with Crippen molar-refractivity contribution in [2.45, 2.75) is 18.3 Å². The Bertz CT molecular complexity index is 391. The van der Waals surface area contributed by atoms with Gasteiger partial charge in [0.1, 0.15) is 0 Å². The van der Waals surface area contributed by atoms with Crippen LogP contribution >= 0.6 is 0 Å². The third-order valence-electron chi connectivity index (χ3n) is 4.24. The van der Waals surface area contributed by atoms with E-state index < -0.39 is 0 Å². The number of piperidine rings is 1. The maximum Gasteiger partial charge on any atom is 0.0402 e. The smallest absolute Gasteiger partial charge is 0.0402 e. The van der Waals surface area contributed by atoms with Crippen LogP contribution in [0.3, 0.4) is 0 Å². The van der Waals surface area contributed by atoms with Gasteiger partial charge in [0.05, 0.1) is 0 Å². The molecule has 0 aromatic heterocycles. The summed E-state index contributed by atoms with van der Waals surface area (Å²) in [7, 11) is 6.26. The van der Waals surface area contributed by atoms with E-state index in [0.29, 0.717) is 5.41 Å². The van der Waals surface area contributed by atoms with Gasteiger partial charge in [-0.05, 0) is 37.6 Å². The molecule has 0 amide bonds. The summed E-state index contributed by atoms with van der Waals surface area (Å²) >= 11 is 0. The number of hydrogen-bond acceptors (Lipinski definition) is 2. The Morgan fingerprint density at radius 3 is 2.62 bits per heavy atom. The first-order valence-corrected chi connectivity index (χ1v) is 6.07. The first kappa shape index (κ1) is 10.2. The van der Waals surface area contributed by atoms with Crippen molar-refractivity contribution < 1.29 is 0 Å². The quantitative estimate of drug-likeness (QED) is 0.655. The van der Waals surface area contributed by atoms with Gasteiger partial charge in [-0.1, -0.05) is 18.2 Å². The highest BCUT2D eigenvalue weighted by Crippen LogP contribution is 2.45. The molecular weight excluding hydrogens is 196 g/mol. The second-order valence-electron chi connectivity index (χ2n) is 5.27. The maximum absolute atomic E-state index is 4.05. The van der Waals surface area contributed by atoms with Gasteiger partial charge in [0.25, 0.3) is 0 Å². The zero-order chi connectivity index (χ0) is 11.2. The van der Waals surface area contributed by atoms with Gasteiger partial charge in [0.15, 0.2) is 0 Å². The molecule has 0 unspecified atom stereocenters. The number of nitrogens with zero attached hydrogens (tertiary/aromatic N) is 2. The Hall–Kier alpha value is -1.02. The zero-order valence-electron chi connectivity index (χ0n) is 9.95. The molecule has 1 saturated heterocycles. The number of rotatable bonds is 0. The fourth-order valence-electron chi connectivity index (χ4n) is 3.29. The second kappa shape index (κ2) is 3.49. The van der Waals surface area contributed by atoms with Crippen LogP contribution in [0.2, 0.25) is 0 Å².